The third-order valence-corrected chi connectivity index (χ3v) is 3.04. The van der Waals surface area contributed by atoms with Crippen LogP contribution in [-0.2, 0) is 20.8 Å². The van der Waals surface area contributed by atoms with Crippen LogP contribution in [0.1, 0.15) is 22.3 Å². The van der Waals surface area contributed by atoms with E-state index in [1.807, 2.05) is 0 Å². The zero-order valence-corrected chi connectivity index (χ0v) is 10.3. The molecule has 1 aliphatic rings. The van der Waals surface area contributed by atoms with Crippen LogP contribution in [0.4, 0.5) is 0 Å². The van der Waals surface area contributed by atoms with Gasteiger partial charge in [-0.3, -0.25) is 19.3 Å². The second-order valence-electron chi connectivity index (χ2n) is 4.35. The van der Waals surface area contributed by atoms with Gasteiger partial charge in [0.15, 0.2) is 0 Å². The number of carbonyl (C=O) groups excluding carboxylic acids is 2. The average Bonchev–Trinajstić information content (AvgIpc) is 2.37. The highest BCUT2D eigenvalue weighted by molar-refractivity contribution is 6.12. The minimum atomic E-state index is -1.69. The first-order valence-corrected chi connectivity index (χ1v) is 5.80. The van der Waals surface area contributed by atoms with Crippen LogP contribution < -0.4 is 0 Å². The van der Waals surface area contributed by atoms with Gasteiger partial charge in [0.1, 0.15) is 6.04 Å². The Morgan fingerprint density at radius 2 is 1.85 bits per heavy atom. The van der Waals surface area contributed by atoms with Crippen molar-refractivity contribution in [3.05, 3.63) is 35.4 Å². The summed E-state index contributed by atoms with van der Waals surface area (Å²) in [5.41, 5.74) is 0.738. The quantitative estimate of drug-likeness (QED) is 0.757. The molecule has 0 aromatic heterocycles. The SMILES string of the molecule is O=C(O)CC(C(=O)O)N1C(=O)Cc2ccccc2C1=O. The lowest BCUT2D eigenvalue weighted by Gasteiger charge is -2.30. The molecule has 1 unspecified atom stereocenters. The molecule has 2 amide bonds. The predicted octanol–water partition coefficient (Wildman–Crippen LogP) is 0.139. The maximum Gasteiger partial charge on any atom is 0.327 e. The lowest BCUT2D eigenvalue weighted by molar-refractivity contribution is -0.152. The standard InChI is InChI=1S/C13H11NO6/c15-10-5-7-3-1-2-4-8(7)12(18)14(10)9(13(19)20)6-11(16)17/h1-4,9H,5-6H2,(H,16,17)(H,19,20). The number of amides is 2. The molecule has 0 fully saturated rings. The van der Waals surface area contributed by atoms with E-state index in [0.717, 1.165) is 0 Å². The normalized spacial score (nSPS) is 15.7. The number of imide groups is 1. The maximum atomic E-state index is 12.2. The number of carboxylic acid groups (broad SMARTS) is 2. The number of hydrogen-bond donors (Lipinski definition) is 2. The number of carbonyl (C=O) groups is 4. The van der Waals surface area contributed by atoms with Gasteiger partial charge < -0.3 is 10.2 Å². The molecule has 7 heteroatoms. The first-order valence-electron chi connectivity index (χ1n) is 5.80. The van der Waals surface area contributed by atoms with Crippen molar-refractivity contribution in [3.8, 4) is 0 Å². The van der Waals surface area contributed by atoms with Gasteiger partial charge in [-0.2, -0.15) is 0 Å². The number of hydrogen-bond acceptors (Lipinski definition) is 4. The van der Waals surface area contributed by atoms with Crippen LogP contribution in [-0.4, -0.2) is 44.9 Å². The average molecular weight is 277 g/mol. The highest BCUT2D eigenvalue weighted by Gasteiger charge is 2.40. The number of fused-ring (bicyclic) bond motifs is 1. The van der Waals surface area contributed by atoms with Crippen molar-refractivity contribution >= 4 is 23.8 Å². The molecule has 1 aromatic carbocycles. The molecule has 1 aliphatic heterocycles. The van der Waals surface area contributed by atoms with Crippen LogP contribution in [0, 0.1) is 0 Å². The van der Waals surface area contributed by atoms with Gasteiger partial charge in [0.2, 0.25) is 5.91 Å². The van der Waals surface area contributed by atoms with Gasteiger partial charge >= 0.3 is 11.9 Å². The number of nitrogens with zero attached hydrogens (tertiary/aromatic N) is 1. The summed E-state index contributed by atoms with van der Waals surface area (Å²) in [5.74, 6) is -4.39. The van der Waals surface area contributed by atoms with Crippen molar-refractivity contribution in [1.82, 2.24) is 4.90 Å². The first-order chi connectivity index (χ1) is 9.41. The minimum absolute atomic E-state index is 0.120. The van der Waals surface area contributed by atoms with Crippen LogP contribution in [0.3, 0.4) is 0 Å². The number of rotatable bonds is 4. The van der Waals surface area contributed by atoms with Gasteiger partial charge in [-0.1, -0.05) is 18.2 Å². The number of carboxylic acids is 2. The zero-order chi connectivity index (χ0) is 14.9. The van der Waals surface area contributed by atoms with Crippen molar-refractivity contribution in [2.24, 2.45) is 0 Å². The Morgan fingerprint density at radius 1 is 1.20 bits per heavy atom. The van der Waals surface area contributed by atoms with Gasteiger partial charge in [-0.05, 0) is 11.6 Å². The summed E-state index contributed by atoms with van der Waals surface area (Å²) in [6.45, 7) is 0. The Hall–Kier alpha value is -2.70. The molecular formula is C13H11NO6. The Bertz CT molecular complexity index is 609. The summed E-state index contributed by atoms with van der Waals surface area (Å²) in [5, 5.41) is 17.8. The fraction of sp³-hybridized carbons (Fsp3) is 0.231. The zero-order valence-electron chi connectivity index (χ0n) is 10.3. The lowest BCUT2D eigenvalue weighted by atomic mass is 9.96. The summed E-state index contributed by atoms with van der Waals surface area (Å²) in [6.07, 6.45) is -0.944. The van der Waals surface area contributed by atoms with E-state index in [-0.39, 0.29) is 12.0 Å². The van der Waals surface area contributed by atoms with Crippen LogP contribution in [0.25, 0.3) is 0 Å². The summed E-state index contributed by atoms with van der Waals surface area (Å²) in [4.78, 5) is 46.5. The molecule has 0 bridgehead atoms. The smallest absolute Gasteiger partial charge is 0.327 e. The van der Waals surface area contributed by atoms with E-state index in [1.54, 1.807) is 18.2 Å². The second-order valence-corrected chi connectivity index (χ2v) is 4.35. The molecular weight excluding hydrogens is 266 g/mol. The Balaban J connectivity index is 2.41. The molecule has 0 radical (unpaired) electrons. The molecule has 0 saturated heterocycles. The Labute approximate surface area is 113 Å². The maximum absolute atomic E-state index is 12.2. The molecule has 0 saturated carbocycles. The van der Waals surface area contributed by atoms with E-state index in [4.69, 9.17) is 10.2 Å². The van der Waals surface area contributed by atoms with Gasteiger partial charge in [-0.15, -0.1) is 0 Å². The molecule has 104 valence electrons. The predicted molar refractivity (Wildman–Crippen MR) is 65.0 cm³/mol. The summed E-state index contributed by atoms with van der Waals surface area (Å²) in [6, 6.07) is 4.66. The molecule has 1 atom stereocenters. The minimum Gasteiger partial charge on any atom is -0.481 e. The third kappa shape index (κ3) is 2.37. The van der Waals surface area contributed by atoms with Gasteiger partial charge in [-0.25, -0.2) is 4.79 Å². The van der Waals surface area contributed by atoms with Crippen LogP contribution in [0.15, 0.2) is 24.3 Å². The first kappa shape index (κ1) is 13.7. The van der Waals surface area contributed by atoms with E-state index < -0.39 is 36.2 Å². The fourth-order valence-electron chi connectivity index (χ4n) is 2.14. The van der Waals surface area contributed by atoms with Crippen molar-refractivity contribution in [2.45, 2.75) is 18.9 Å². The van der Waals surface area contributed by atoms with Crippen LogP contribution in [0.2, 0.25) is 0 Å². The van der Waals surface area contributed by atoms with Gasteiger partial charge in [0.05, 0.1) is 12.8 Å². The van der Waals surface area contributed by atoms with E-state index in [9.17, 15) is 19.2 Å². The third-order valence-electron chi connectivity index (χ3n) is 3.04. The van der Waals surface area contributed by atoms with Crippen LogP contribution in [0.5, 0.6) is 0 Å². The summed E-state index contributed by atoms with van der Waals surface area (Å²) in [7, 11) is 0. The topological polar surface area (TPSA) is 112 Å². The molecule has 2 N–H and O–H groups in total. The number of benzene rings is 1. The Morgan fingerprint density at radius 3 is 2.45 bits per heavy atom. The van der Waals surface area contributed by atoms with Gasteiger partial charge in [0, 0.05) is 5.56 Å². The monoisotopic (exact) mass is 277 g/mol. The molecule has 0 spiro atoms. The highest BCUT2D eigenvalue weighted by atomic mass is 16.4. The van der Waals surface area contributed by atoms with Crippen molar-refractivity contribution in [3.63, 3.8) is 0 Å². The molecule has 0 aliphatic carbocycles. The highest BCUT2D eigenvalue weighted by Crippen LogP contribution is 2.22. The van der Waals surface area contributed by atoms with E-state index in [2.05, 4.69) is 0 Å². The molecule has 1 aromatic rings. The largest absolute Gasteiger partial charge is 0.481 e. The van der Waals surface area contributed by atoms with Crippen molar-refractivity contribution in [2.75, 3.05) is 0 Å². The summed E-state index contributed by atoms with van der Waals surface area (Å²) < 4.78 is 0. The Kier molecular flexibility index (Phi) is 3.51. The fourth-order valence-corrected chi connectivity index (χ4v) is 2.14. The lowest BCUT2D eigenvalue weighted by Crippen LogP contribution is -2.52. The van der Waals surface area contributed by atoms with Gasteiger partial charge in [0.25, 0.3) is 5.91 Å². The van der Waals surface area contributed by atoms with E-state index in [0.29, 0.717) is 10.5 Å². The van der Waals surface area contributed by atoms with Crippen LogP contribution >= 0.6 is 0 Å². The van der Waals surface area contributed by atoms with Crippen molar-refractivity contribution in [1.29, 1.82) is 0 Å². The van der Waals surface area contributed by atoms with E-state index in [1.165, 1.54) is 6.07 Å². The van der Waals surface area contributed by atoms with E-state index >= 15 is 0 Å². The molecule has 2 rings (SSSR count). The number of aliphatic carboxylic acids is 2. The molecule has 1 heterocycles. The summed E-state index contributed by atoms with van der Waals surface area (Å²) >= 11 is 0. The second kappa shape index (κ2) is 5.12. The van der Waals surface area contributed by atoms with Crippen molar-refractivity contribution < 1.29 is 29.4 Å². The molecule has 20 heavy (non-hydrogen) atoms. The molecule has 7 nitrogen and oxygen atoms in total.